The van der Waals surface area contributed by atoms with Crippen molar-refractivity contribution in [2.45, 2.75) is 39.0 Å². The van der Waals surface area contributed by atoms with E-state index in [2.05, 4.69) is 22.2 Å². The van der Waals surface area contributed by atoms with Gasteiger partial charge >= 0.3 is 0 Å². The van der Waals surface area contributed by atoms with Crippen LogP contribution >= 0.6 is 0 Å². The molecule has 0 bridgehead atoms. The molecule has 4 heteroatoms. The molecule has 0 aromatic carbocycles. The van der Waals surface area contributed by atoms with Crippen molar-refractivity contribution < 1.29 is 0 Å². The highest BCUT2D eigenvalue weighted by molar-refractivity contribution is 5.77. The molecule has 1 heterocycles. The number of nitrogens with zero attached hydrogens (tertiary/aromatic N) is 2. The van der Waals surface area contributed by atoms with Gasteiger partial charge in [-0.05, 0) is 18.6 Å². The van der Waals surface area contributed by atoms with E-state index in [-0.39, 0.29) is 0 Å². The van der Waals surface area contributed by atoms with Gasteiger partial charge in [-0.2, -0.15) is 0 Å². The Morgan fingerprint density at radius 1 is 1.33 bits per heavy atom. The minimum absolute atomic E-state index is 0.544. The second kappa shape index (κ2) is 9.45. The van der Waals surface area contributed by atoms with Gasteiger partial charge in [0.1, 0.15) is 0 Å². The fourth-order valence-electron chi connectivity index (χ4n) is 1.66. The fraction of sp³-hybridized carbons (Fsp3) is 0.571. The van der Waals surface area contributed by atoms with Gasteiger partial charge in [-0.1, -0.05) is 32.3 Å². The van der Waals surface area contributed by atoms with Crippen molar-refractivity contribution >= 4 is 5.96 Å². The van der Waals surface area contributed by atoms with E-state index in [9.17, 15) is 0 Å². The van der Waals surface area contributed by atoms with Crippen LogP contribution in [0.1, 0.15) is 38.3 Å². The standard InChI is InChI=1S/C14H24N4/c1-2-3-4-6-11-17-14(15)18-12-9-13-8-5-7-10-16-13/h5,7-8,10H,2-4,6,9,11-12H2,1H3,(H3,15,17,18). The molecule has 0 aliphatic carbocycles. The highest BCUT2D eigenvalue weighted by Gasteiger charge is 1.94. The summed E-state index contributed by atoms with van der Waals surface area (Å²) in [5, 5.41) is 3.11. The van der Waals surface area contributed by atoms with E-state index in [0.717, 1.165) is 31.6 Å². The van der Waals surface area contributed by atoms with Crippen LogP contribution in [-0.2, 0) is 6.42 Å². The lowest BCUT2D eigenvalue weighted by atomic mass is 10.2. The van der Waals surface area contributed by atoms with E-state index < -0.39 is 0 Å². The Morgan fingerprint density at radius 2 is 2.22 bits per heavy atom. The van der Waals surface area contributed by atoms with E-state index in [0.29, 0.717) is 5.96 Å². The molecule has 0 unspecified atom stereocenters. The van der Waals surface area contributed by atoms with Crippen LogP contribution in [0.2, 0.25) is 0 Å². The van der Waals surface area contributed by atoms with Crippen LogP contribution in [0.4, 0.5) is 0 Å². The second-order valence-corrected chi connectivity index (χ2v) is 4.33. The van der Waals surface area contributed by atoms with Gasteiger partial charge in [0.15, 0.2) is 5.96 Å². The molecule has 1 aromatic rings. The van der Waals surface area contributed by atoms with Crippen molar-refractivity contribution in [1.82, 2.24) is 10.3 Å². The first-order valence-electron chi connectivity index (χ1n) is 6.76. The van der Waals surface area contributed by atoms with Crippen LogP contribution < -0.4 is 11.1 Å². The predicted molar refractivity (Wildman–Crippen MR) is 76.6 cm³/mol. The summed E-state index contributed by atoms with van der Waals surface area (Å²) in [5.74, 6) is 0.544. The van der Waals surface area contributed by atoms with Gasteiger partial charge in [-0.15, -0.1) is 0 Å². The van der Waals surface area contributed by atoms with Crippen molar-refractivity contribution in [2.75, 3.05) is 13.1 Å². The molecule has 4 nitrogen and oxygen atoms in total. The van der Waals surface area contributed by atoms with Crippen LogP contribution in [0.5, 0.6) is 0 Å². The van der Waals surface area contributed by atoms with Gasteiger partial charge in [-0.3, -0.25) is 9.98 Å². The zero-order valence-electron chi connectivity index (χ0n) is 11.2. The molecule has 0 radical (unpaired) electrons. The molecule has 1 rings (SSSR count). The van der Waals surface area contributed by atoms with E-state index in [4.69, 9.17) is 5.73 Å². The van der Waals surface area contributed by atoms with E-state index in [1.165, 1.54) is 19.3 Å². The Labute approximate surface area is 110 Å². The zero-order valence-corrected chi connectivity index (χ0v) is 11.2. The largest absolute Gasteiger partial charge is 0.370 e. The number of guanidine groups is 1. The first-order chi connectivity index (χ1) is 8.83. The summed E-state index contributed by atoms with van der Waals surface area (Å²) >= 11 is 0. The van der Waals surface area contributed by atoms with Crippen molar-refractivity contribution in [2.24, 2.45) is 10.7 Å². The molecule has 0 fully saturated rings. The first kappa shape index (κ1) is 14.5. The fourth-order valence-corrected chi connectivity index (χ4v) is 1.66. The van der Waals surface area contributed by atoms with Gasteiger partial charge in [0, 0.05) is 31.4 Å². The summed E-state index contributed by atoms with van der Waals surface area (Å²) < 4.78 is 0. The van der Waals surface area contributed by atoms with Crippen molar-refractivity contribution in [3.05, 3.63) is 30.1 Å². The molecular weight excluding hydrogens is 224 g/mol. The Hall–Kier alpha value is -1.58. The third-order valence-corrected chi connectivity index (χ3v) is 2.71. The Bertz CT molecular complexity index is 335. The molecular formula is C14H24N4. The first-order valence-corrected chi connectivity index (χ1v) is 6.76. The maximum Gasteiger partial charge on any atom is 0.188 e. The number of pyridine rings is 1. The van der Waals surface area contributed by atoms with E-state index in [1.807, 2.05) is 18.2 Å². The van der Waals surface area contributed by atoms with Gasteiger partial charge in [-0.25, -0.2) is 0 Å². The maximum absolute atomic E-state index is 5.77. The molecule has 0 amide bonds. The average Bonchev–Trinajstić information content (AvgIpc) is 2.40. The lowest BCUT2D eigenvalue weighted by Crippen LogP contribution is -2.33. The third kappa shape index (κ3) is 6.89. The zero-order chi connectivity index (χ0) is 13.1. The molecule has 0 aliphatic heterocycles. The highest BCUT2D eigenvalue weighted by atomic mass is 15.1. The van der Waals surface area contributed by atoms with Crippen LogP contribution in [0.25, 0.3) is 0 Å². The summed E-state index contributed by atoms with van der Waals surface area (Å²) in [5.41, 5.74) is 6.84. The van der Waals surface area contributed by atoms with Crippen molar-refractivity contribution in [1.29, 1.82) is 0 Å². The SMILES string of the molecule is CCCCCCN=C(N)NCCc1ccccn1. The van der Waals surface area contributed by atoms with Gasteiger partial charge in [0.2, 0.25) is 0 Å². The maximum atomic E-state index is 5.77. The van der Waals surface area contributed by atoms with Crippen LogP contribution in [-0.4, -0.2) is 24.0 Å². The Morgan fingerprint density at radius 3 is 2.94 bits per heavy atom. The molecule has 3 N–H and O–H groups in total. The Kier molecular flexibility index (Phi) is 7.60. The normalized spacial score (nSPS) is 11.5. The quantitative estimate of drug-likeness (QED) is 0.421. The Balaban J connectivity index is 2.09. The summed E-state index contributed by atoms with van der Waals surface area (Å²) in [7, 11) is 0. The number of rotatable bonds is 8. The second-order valence-electron chi connectivity index (χ2n) is 4.33. The number of aliphatic imine (C=N–C) groups is 1. The minimum Gasteiger partial charge on any atom is -0.370 e. The molecule has 0 saturated carbocycles. The highest BCUT2D eigenvalue weighted by Crippen LogP contribution is 1.98. The van der Waals surface area contributed by atoms with Gasteiger partial charge < -0.3 is 11.1 Å². The van der Waals surface area contributed by atoms with Crippen LogP contribution in [0, 0.1) is 0 Å². The lowest BCUT2D eigenvalue weighted by Gasteiger charge is -2.05. The smallest absolute Gasteiger partial charge is 0.188 e. The number of unbranched alkanes of at least 4 members (excludes halogenated alkanes) is 3. The lowest BCUT2D eigenvalue weighted by molar-refractivity contribution is 0.673. The molecule has 0 saturated heterocycles. The summed E-state index contributed by atoms with van der Waals surface area (Å²) in [6.45, 7) is 3.81. The van der Waals surface area contributed by atoms with Crippen LogP contribution in [0.15, 0.2) is 29.4 Å². The third-order valence-electron chi connectivity index (χ3n) is 2.71. The number of nitrogens with two attached hydrogens (primary N) is 1. The molecule has 1 aromatic heterocycles. The van der Waals surface area contributed by atoms with Gasteiger partial charge in [0.05, 0.1) is 0 Å². The summed E-state index contributed by atoms with van der Waals surface area (Å²) in [6.07, 6.45) is 7.56. The van der Waals surface area contributed by atoms with E-state index >= 15 is 0 Å². The predicted octanol–water partition coefficient (Wildman–Crippen LogP) is 2.11. The van der Waals surface area contributed by atoms with E-state index in [1.54, 1.807) is 6.20 Å². The van der Waals surface area contributed by atoms with Gasteiger partial charge in [0.25, 0.3) is 0 Å². The molecule has 0 atom stereocenters. The van der Waals surface area contributed by atoms with Crippen molar-refractivity contribution in [3.8, 4) is 0 Å². The number of hydrogen-bond donors (Lipinski definition) is 2. The molecule has 0 spiro atoms. The molecule has 0 aliphatic rings. The number of nitrogens with one attached hydrogen (secondary N) is 1. The summed E-state index contributed by atoms with van der Waals surface area (Å²) in [6, 6.07) is 5.93. The van der Waals surface area contributed by atoms with Crippen molar-refractivity contribution in [3.63, 3.8) is 0 Å². The minimum atomic E-state index is 0.544. The number of aromatic nitrogens is 1. The average molecular weight is 248 g/mol. The topological polar surface area (TPSA) is 63.3 Å². The molecule has 100 valence electrons. The molecule has 18 heavy (non-hydrogen) atoms. The monoisotopic (exact) mass is 248 g/mol. The number of hydrogen-bond acceptors (Lipinski definition) is 2. The van der Waals surface area contributed by atoms with Crippen LogP contribution in [0.3, 0.4) is 0 Å². The summed E-state index contributed by atoms with van der Waals surface area (Å²) in [4.78, 5) is 8.54.